The summed E-state index contributed by atoms with van der Waals surface area (Å²) >= 11 is 2.65. The number of aromatic hydroxyl groups is 1. The van der Waals surface area contributed by atoms with Crippen molar-refractivity contribution in [2.24, 2.45) is 4.99 Å². The van der Waals surface area contributed by atoms with E-state index < -0.39 is 0 Å². The molecule has 128 valence electrons. The summed E-state index contributed by atoms with van der Waals surface area (Å²) in [5.41, 5.74) is 0.585. The van der Waals surface area contributed by atoms with Crippen molar-refractivity contribution in [3.05, 3.63) is 52.4 Å². The normalized spacial score (nSPS) is 17.6. The number of nitrogens with zero attached hydrogens (tertiary/aromatic N) is 4. The molecule has 1 N–H and O–H groups in total. The quantitative estimate of drug-likeness (QED) is 0.641. The SMILES string of the molecule is C=CCN1C(=O)/C(=C/c2ccccc2O)S/C1=N/c1nnc(CC)s1. The Morgan fingerprint density at radius 1 is 1.36 bits per heavy atom. The Kier molecular flexibility index (Phi) is 5.30. The summed E-state index contributed by atoms with van der Waals surface area (Å²) in [6, 6.07) is 6.88. The summed E-state index contributed by atoms with van der Waals surface area (Å²) < 4.78 is 0. The molecule has 25 heavy (non-hydrogen) atoms. The number of carbonyl (C=O) groups excluding carboxylic acids is 1. The minimum Gasteiger partial charge on any atom is -0.507 e. The lowest BCUT2D eigenvalue weighted by molar-refractivity contribution is -0.121. The van der Waals surface area contributed by atoms with Crippen molar-refractivity contribution in [1.82, 2.24) is 15.1 Å². The number of carbonyl (C=O) groups is 1. The van der Waals surface area contributed by atoms with E-state index in [1.807, 2.05) is 6.92 Å². The van der Waals surface area contributed by atoms with E-state index in [9.17, 15) is 9.90 Å². The first-order chi connectivity index (χ1) is 12.1. The molecule has 0 bridgehead atoms. The molecule has 1 saturated heterocycles. The largest absolute Gasteiger partial charge is 0.507 e. The van der Waals surface area contributed by atoms with Crippen molar-refractivity contribution in [3.63, 3.8) is 0 Å². The maximum atomic E-state index is 12.7. The van der Waals surface area contributed by atoms with Crippen LogP contribution in [0, 0.1) is 0 Å². The second-order valence-corrected chi connectivity index (χ2v) is 7.15. The van der Waals surface area contributed by atoms with Crippen molar-refractivity contribution in [3.8, 4) is 5.75 Å². The molecule has 8 heteroatoms. The van der Waals surface area contributed by atoms with E-state index in [0.29, 0.717) is 27.3 Å². The predicted octanol–water partition coefficient (Wildman–Crippen LogP) is 3.60. The van der Waals surface area contributed by atoms with E-state index in [4.69, 9.17) is 0 Å². The molecule has 1 aromatic carbocycles. The third kappa shape index (κ3) is 3.80. The highest BCUT2D eigenvalue weighted by Crippen LogP contribution is 2.35. The first kappa shape index (κ1) is 17.4. The van der Waals surface area contributed by atoms with Gasteiger partial charge in [0.05, 0.1) is 4.91 Å². The van der Waals surface area contributed by atoms with Crippen LogP contribution in [0.2, 0.25) is 0 Å². The van der Waals surface area contributed by atoms with Gasteiger partial charge in [0.25, 0.3) is 5.91 Å². The maximum Gasteiger partial charge on any atom is 0.267 e. The molecule has 3 rings (SSSR count). The zero-order valence-corrected chi connectivity index (χ0v) is 15.2. The van der Waals surface area contributed by atoms with Gasteiger partial charge in [-0.05, 0) is 30.3 Å². The van der Waals surface area contributed by atoms with Crippen molar-refractivity contribution in [1.29, 1.82) is 0 Å². The number of amides is 1. The number of para-hydroxylation sites is 1. The second kappa shape index (κ2) is 7.62. The zero-order chi connectivity index (χ0) is 17.8. The molecule has 1 aliphatic heterocycles. The topological polar surface area (TPSA) is 78.7 Å². The van der Waals surface area contributed by atoms with Crippen LogP contribution in [0.5, 0.6) is 5.75 Å². The summed E-state index contributed by atoms with van der Waals surface area (Å²) in [6.45, 7) is 6.05. The number of hydrogen-bond donors (Lipinski definition) is 1. The fourth-order valence-corrected chi connectivity index (χ4v) is 3.84. The molecule has 6 nitrogen and oxygen atoms in total. The van der Waals surface area contributed by atoms with Gasteiger partial charge in [-0.3, -0.25) is 9.69 Å². The van der Waals surface area contributed by atoms with Crippen molar-refractivity contribution in [2.75, 3.05) is 6.54 Å². The zero-order valence-electron chi connectivity index (χ0n) is 13.5. The lowest BCUT2D eigenvalue weighted by atomic mass is 10.2. The van der Waals surface area contributed by atoms with E-state index in [0.717, 1.165) is 11.4 Å². The first-order valence-corrected chi connectivity index (χ1v) is 9.27. The number of aromatic nitrogens is 2. The fourth-order valence-electron chi connectivity index (χ4n) is 2.15. The van der Waals surface area contributed by atoms with Crippen LogP contribution in [0.4, 0.5) is 5.13 Å². The molecule has 0 atom stereocenters. The monoisotopic (exact) mass is 372 g/mol. The summed E-state index contributed by atoms with van der Waals surface area (Å²) in [6.07, 6.45) is 4.11. The molecule has 1 aliphatic rings. The van der Waals surface area contributed by atoms with Crippen molar-refractivity contribution < 1.29 is 9.90 Å². The highest BCUT2D eigenvalue weighted by Gasteiger charge is 2.33. The summed E-state index contributed by atoms with van der Waals surface area (Å²) in [7, 11) is 0. The van der Waals surface area contributed by atoms with Gasteiger partial charge in [0.15, 0.2) is 5.17 Å². The molecule has 0 spiro atoms. The molecule has 0 saturated carbocycles. The Labute approximate surface area is 153 Å². The molecule has 0 radical (unpaired) electrons. The molecular formula is C17H16N4O2S2. The Hall–Kier alpha value is -2.45. The number of aliphatic imine (C=N–C) groups is 1. The minimum atomic E-state index is -0.174. The van der Waals surface area contributed by atoms with E-state index >= 15 is 0 Å². The van der Waals surface area contributed by atoms with Crippen LogP contribution in [-0.2, 0) is 11.2 Å². The number of benzene rings is 1. The molecule has 2 aromatic rings. The van der Waals surface area contributed by atoms with Gasteiger partial charge in [0.1, 0.15) is 10.8 Å². The maximum absolute atomic E-state index is 12.7. The Bertz CT molecular complexity index is 873. The van der Waals surface area contributed by atoms with Gasteiger partial charge in [0.2, 0.25) is 5.13 Å². The number of hydrogen-bond acceptors (Lipinski definition) is 7. The van der Waals surface area contributed by atoms with Crippen LogP contribution in [0.1, 0.15) is 17.5 Å². The number of amidine groups is 1. The van der Waals surface area contributed by atoms with E-state index in [1.54, 1.807) is 36.4 Å². The van der Waals surface area contributed by atoms with Gasteiger partial charge in [-0.15, -0.1) is 16.8 Å². The third-order valence-corrected chi connectivity index (χ3v) is 5.34. The minimum absolute atomic E-state index is 0.126. The van der Waals surface area contributed by atoms with Gasteiger partial charge in [0, 0.05) is 12.1 Å². The van der Waals surface area contributed by atoms with Gasteiger partial charge in [-0.2, -0.15) is 4.99 Å². The Morgan fingerprint density at radius 3 is 2.84 bits per heavy atom. The van der Waals surface area contributed by atoms with Gasteiger partial charge in [-0.25, -0.2) is 0 Å². The molecule has 1 fully saturated rings. The smallest absolute Gasteiger partial charge is 0.267 e. The Balaban J connectivity index is 1.95. The van der Waals surface area contributed by atoms with Crippen LogP contribution < -0.4 is 0 Å². The lowest BCUT2D eigenvalue weighted by Gasteiger charge is -2.11. The first-order valence-electron chi connectivity index (χ1n) is 7.63. The molecule has 0 unspecified atom stereocenters. The number of rotatable bonds is 5. The average Bonchev–Trinajstić information content (AvgIpc) is 3.17. The van der Waals surface area contributed by atoms with Crippen LogP contribution in [0.25, 0.3) is 6.08 Å². The lowest BCUT2D eigenvalue weighted by Crippen LogP contribution is -2.29. The molecule has 1 amide bonds. The number of phenols is 1. The third-order valence-electron chi connectivity index (χ3n) is 3.37. The fraction of sp³-hybridized carbons (Fsp3) is 0.176. The second-order valence-electron chi connectivity index (χ2n) is 5.10. The molecule has 0 aliphatic carbocycles. The van der Waals surface area contributed by atoms with E-state index in [2.05, 4.69) is 21.8 Å². The highest BCUT2D eigenvalue weighted by molar-refractivity contribution is 8.18. The molecule has 1 aromatic heterocycles. The van der Waals surface area contributed by atoms with Gasteiger partial charge < -0.3 is 5.11 Å². The number of phenolic OH excluding ortho intramolecular Hbond substituents is 1. The number of thioether (sulfide) groups is 1. The molecule has 2 heterocycles. The van der Waals surface area contributed by atoms with E-state index in [-0.39, 0.29) is 11.7 Å². The predicted molar refractivity (Wildman–Crippen MR) is 102 cm³/mol. The van der Waals surface area contributed by atoms with Crippen LogP contribution >= 0.6 is 23.1 Å². The standard InChI is InChI=1S/C17H16N4O2S2/c1-3-9-21-15(23)13(10-11-7-5-6-8-12(11)22)24-17(21)18-16-20-19-14(4-2)25-16/h3,5-8,10,22H,1,4,9H2,2H3/b13-10-,18-17+. The van der Waals surface area contributed by atoms with Gasteiger partial charge in [-0.1, -0.05) is 42.5 Å². The van der Waals surface area contributed by atoms with Crippen LogP contribution in [0.3, 0.4) is 0 Å². The van der Waals surface area contributed by atoms with Crippen LogP contribution in [-0.4, -0.2) is 37.8 Å². The van der Waals surface area contributed by atoms with Crippen molar-refractivity contribution >= 4 is 45.4 Å². The van der Waals surface area contributed by atoms with Crippen LogP contribution in [0.15, 0.2) is 46.8 Å². The van der Waals surface area contributed by atoms with Gasteiger partial charge >= 0.3 is 0 Å². The number of aryl methyl sites for hydroxylation is 1. The van der Waals surface area contributed by atoms with Crippen molar-refractivity contribution in [2.45, 2.75) is 13.3 Å². The Morgan fingerprint density at radius 2 is 2.16 bits per heavy atom. The average molecular weight is 372 g/mol. The summed E-state index contributed by atoms with van der Waals surface area (Å²) in [5.74, 6) is -0.0482. The van der Waals surface area contributed by atoms with E-state index in [1.165, 1.54) is 28.0 Å². The summed E-state index contributed by atoms with van der Waals surface area (Å²) in [5, 5.41) is 19.9. The summed E-state index contributed by atoms with van der Waals surface area (Å²) in [4.78, 5) is 19.2. The highest BCUT2D eigenvalue weighted by atomic mass is 32.2. The molecular weight excluding hydrogens is 356 g/mol.